The molecule has 1 aliphatic heterocycles. The summed E-state index contributed by atoms with van der Waals surface area (Å²) in [6.45, 7) is 15.5. The van der Waals surface area contributed by atoms with Crippen LogP contribution in [0.15, 0.2) is 95.8 Å². The van der Waals surface area contributed by atoms with Gasteiger partial charge in [0, 0.05) is 23.6 Å². The molecule has 6 rings (SSSR count). The fourth-order valence-corrected chi connectivity index (χ4v) is 12.2. The average Bonchev–Trinajstić information content (AvgIpc) is 3.08. The molecule has 49 heavy (non-hydrogen) atoms. The van der Waals surface area contributed by atoms with E-state index in [1.165, 1.54) is 0 Å². The Hall–Kier alpha value is -4.04. The van der Waals surface area contributed by atoms with Gasteiger partial charge in [-0.3, -0.25) is 4.79 Å². The monoisotopic (exact) mass is 677 g/mol. The summed E-state index contributed by atoms with van der Waals surface area (Å²) in [6, 6.07) is 30.2. The highest BCUT2D eigenvalue weighted by molar-refractivity contribution is 6.99. The van der Waals surface area contributed by atoms with E-state index in [0.717, 1.165) is 50.9 Å². The van der Waals surface area contributed by atoms with E-state index >= 15 is 4.39 Å². The number of fused-ring (bicyclic) bond motifs is 2. The van der Waals surface area contributed by atoms with Crippen molar-refractivity contribution >= 4 is 29.5 Å². The molecule has 1 aliphatic rings. The molecule has 0 saturated carbocycles. The Morgan fingerprint density at radius 3 is 2.02 bits per heavy atom. The minimum absolute atomic E-state index is 0.137. The van der Waals surface area contributed by atoms with Crippen LogP contribution in [0, 0.1) is 12.7 Å². The fraction of sp³-hybridized carbons (Fsp3) is 0.357. The predicted molar refractivity (Wildman–Crippen MR) is 200 cm³/mol. The van der Waals surface area contributed by atoms with E-state index in [-0.39, 0.29) is 17.2 Å². The Bertz CT molecular complexity index is 1990. The van der Waals surface area contributed by atoms with Gasteiger partial charge in [-0.05, 0) is 84.6 Å². The Morgan fingerprint density at radius 1 is 0.878 bits per heavy atom. The van der Waals surface area contributed by atoms with Crippen molar-refractivity contribution in [1.82, 2.24) is 4.57 Å². The van der Waals surface area contributed by atoms with Gasteiger partial charge in [0.25, 0.3) is 13.9 Å². The molecule has 0 spiro atoms. The number of halogens is 1. The van der Waals surface area contributed by atoms with Crippen LogP contribution in [0.5, 0.6) is 5.75 Å². The van der Waals surface area contributed by atoms with E-state index in [0.29, 0.717) is 23.4 Å². The largest absolute Gasteiger partial charge is 0.490 e. The maximum atomic E-state index is 15.9. The Labute approximate surface area is 290 Å². The minimum Gasteiger partial charge on any atom is -0.490 e. The zero-order valence-corrected chi connectivity index (χ0v) is 31.0. The molecule has 1 aromatic heterocycles. The summed E-state index contributed by atoms with van der Waals surface area (Å²) >= 11 is 0. The number of benzene rings is 4. The number of hydrogen-bond acceptors (Lipinski definition) is 4. The van der Waals surface area contributed by atoms with Crippen LogP contribution >= 0.6 is 0 Å². The molecule has 0 amide bonds. The number of rotatable bonds is 8. The molecule has 5 aromatic rings. The van der Waals surface area contributed by atoms with Gasteiger partial charge in [0.05, 0.1) is 24.5 Å². The summed E-state index contributed by atoms with van der Waals surface area (Å²) < 4.78 is 37.9. The van der Waals surface area contributed by atoms with Crippen LogP contribution in [0.4, 0.5) is 4.39 Å². The third-order valence-electron chi connectivity index (χ3n) is 9.72. The minimum atomic E-state index is -2.98. The van der Waals surface area contributed by atoms with Gasteiger partial charge in [0.1, 0.15) is 6.10 Å². The van der Waals surface area contributed by atoms with Crippen LogP contribution in [0.3, 0.4) is 0 Å². The number of pyridine rings is 1. The summed E-state index contributed by atoms with van der Waals surface area (Å²) in [6.07, 6.45) is 0.873. The Morgan fingerprint density at radius 2 is 1.45 bits per heavy atom. The van der Waals surface area contributed by atoms with Gasteiger partial charge >= 0.3 is 0 Å². The Balaban J connectivity index is 1.63. The Kier molecular flexibility index (Phi) is 9.48. The standard InChI is InChI=1S/C42H48FNO4Si/c1-28-31-24-17-25-46-39(31)35(43)26-34(28)37-32-22-15-16-23-33(32)40(45)44(8)38(37)36(48-41(2,3)4)27-47-49(42(5,6)7,29-18-11-9-12-19-29)30-20-13-10-14-21-30/h9-16,18-23,26,36H,17,24-25,27H2,1-8H3. The van der Waals surface area contributed by atoms with Gasteiger partial charge in [-0.15, -0.1) is 0 Å². The van der Waals surface area contributed by atoms with Gasteiger partial charge < -0.3 is 18.5 Å². The molecule has 2 heterocycles. The second-order valence-electron chi connectivity index (χ2n) is 15.2. The topological polar surface area (TPSA) is 49.7 Å². The zero-order chi connectivity index (χ0) is 35.1. The van der Waals surface area contributed by atoms with Gasteiger partial charge in [-0.25, -0.2) is 4.39 Å². The van der Waals surface area contributed by atoms with E-state index in [2.05, 4.69) is 69.3 Å². The third-order valence-corrected chi connectivity index (χ3v) is 14.7. The van der Waals surface area contributed by atoms with E-state index in [9.17, 15) is 4.79 Å². The smallest absolute Gasteiger partial charge is 0.261 e. The van der Waals surface area contributed by atoms with Crippen LogP contribution in [0.2, 0.25) is 5.04 Å². The number of hydrogen-bond donors (Lipinski definition) is 0. The molecule has 0 aliphatic carbocycles. The van der Waals surface area contributed by atoms with E-state index in [1.807, 2.05) is 64.1 Å². The van der Waals surface area contributed by atoms with Crippen LogP contribution in [0.25, 0.3) is 21.9 Å². The number of nitrogens with zero attached hydrogens (tertiary/aromatic N) is 1. The first-order chi connectivity index (χ1) is 23.2. The second kappa shape index (κ2) is 13.3. The molecule has 1 unspecified atom stereocenters. The van der Waals surface area contributed by atoms with Gasteiger partial charge in [-0.1, -0.05) is 99.6 Å². The van der Waals surface area contributed by atoms with Crippen molar-refractivity contribution in [2.45, 2.75) is 78.1 Å². The zero-order valence-electron chi connectivity index (χ0n) is 30.0. The van der Waals surface area contributed by atoms with E-state index in [1.54, 1.807) is 17.7 Å². The number of ether oxygens (including phenoxy) is 2. The molecule has 5 nitrogen and oxygen atoms in total. The van der Waals surface area contributed by atoms with Gasteiger partial charge in [0.2, 0.25) is 0 Å². The van der Waals surface area contributed by atoms with Crippen molar-refractivity contribution in [1.29, 1.82) is 0 Å². The fourth-order valence-electron chi connectivity index (χ4n) is 7.62. The quantitative estimate of drug-likeness (QED) is 0.155. The van der Waals surface area contributed by atoms with Crippen molar-refractivity contribution in [3.8, 4) is 16.9 Å². The first-order valence-electron chi connectivity index (χ1n) is 17.2. The van der Waals surface area contributed by atoms with Crippen LogP contribution < -0.4 is 20.7 Å². The first kappa shape index (κ1) is 34.8. The van der Waals surface area contributed by atoms with Crippen LogP contribution in [-0.2, 0) is 22.6 Å². The number of aromatic nitrogens is 1. The average molecular weight is 678 g/mol. The summed E-state index contributed by atoms with van der Waals surface area (Å²) in [5, 5.41) is 3.37. The lowest BCUT2D eigenvalue weighted by Gasteiger charge is -2.44. The van der Waals surface area contributed by atoms with Crippen molar-refractivity contribution in [3.63, 3.8) is 0 Å². The summed E-state index contributed by atoms with van der Waals surface area (Å²) in [5.41, 5.74) is 3.27. The molecule has 0 saturated heterocycles. The molecule has 1 atom stereocenters. The van der Waals surface area contributed by atoms with Crippen molar-refractivity contribution in [2.75, 3.05) is 13.2 Å². The highest BCUT2D eigenvalue weighted by Crippen LogP contribution is 2.44. The lowest BCUT2D eigenvalue weighted by atomic mass is 9.88. The molecule has 0 bridgehead atoms. The SMILES string of the molecule is Cc1c(-c2c(C(CO[Si](c3ccccc3)(c3ccccc3)C(C)(C)C)OC(C)(C)C)n(C)c(=O)c3ccccc23)cc(F)c2c1CCCO2. The third kappa shape index (κ3) is 6.40. The molecule has 256 valence electrons. The second-order valence-corrected chi connectivity index (χ2v) is 19.5. The maximum Gasteiger partial charge on any atom is 0.261 e. The summed E-state index contributed by atoms with van der Waals surface area (Å²) in [5.74, 6) is -0.0586. The summed E-state index contributed by atoms with van der Waals surface area (Å²) in [4.78, 5) is 14.2. The van der Waals surface area contributed by atoms with Crippen molar-refractivity contribution in [3.05, 3.63) is 124 Å². The van der Waals surface area contributed by atoms with Crippen molar-refractivity contribution in [2.24, 2.45) is 7.05 Å². The first-order valence-corrected chi connectivity index (χ1v) is 19.1. The van der Waals surface area contributed by atoms with Crippen LogP contribution in [0.1, 0.15) is 70.9 Å². The van der Waals surface area contributed by atoms with Gasteiger partial charge in [-0.2, -0.15) is 0 Å². The molecular weight excluding hydrogens is 630 g/mol. The molecule has 0 radical (unpaired) electrons. The predicted octanol–water partition coefficient (Wildman–Crippen LogP) is 8.41. The van der Waals surface area contributed by atoms with E-state index < -0.39 is 25.8 Å². The normalized spacial score (nSPS) is 14.4. The lowest BCUT2D eigenvalue weighted by Crippen LogP contribution is -2.67. The molecule has 4 aromatic carbocycles. The maximum absolute atomic E-state index is 15.9. The molecule has 7 heteroatoms. The van der Waals surface area contributed by atoms with Crippen LogP contribution in [-0.4, -0.2) is 31.7 Å². The highest BCUT2D eigenvalue weighted by Gasteiger charge is 2.51. The molecular formula is C42H48FNO4Si. The molecule has 0 N–H and O–H groups in total. The van der Waals surface area contributed by atoms with E-state index in [4.69, 9.17) is 13.9 Å². The van der Waals surface area contributed by atoms with Gasteiger partial charge in [0.15, 0.2) is 11.6 Å². The summed E-state index contributed by atoms with van der Waals surface area (Å²) in [7, 11) is -1.19. The highest BCUT2D eigenvalue weighted by atomic mass is 28.4. The van der Waals surface area contributed by atoms with Crippen molar-refractivity contribution < 1.29 is 18.3 Å². The molecule has 0 fully saturated rings. The lowest BCUT2D eigenvalue weighted by molar-refractivity contribution is -0.0823.